The van der Waals surface area contributed by atoms with E-state index >= 15 is 0 Å². The summed E-state index contributed by atoms with van der Waals surface area (Å²) in [6.07, 6.45) is 3.67. The average molecular weight is 374 g/mol. The number of methoxy groups -OCH3 is 1. The van der Waals surface area contributed by atoms with Gasteiger partial charge in [-0.15, -0.1) is 0 Å². The molecule has 1 atom stereocenters. The van der Waals surface area contributed by atoms with Crippen molar-refractivity contribution in [2.24, 2.45) is 0 Å². The minimum absolute atomic E-state index is 0.0132. The van der Waals surface area contributed by atoms with E-state index in [1.807, 2.05) is 23.1 Å². The molecule has 0 spiro atoms. The number of nitrogens with one attached hydrogen (secondary N) is 2. The Labute approximate surface area is 161 Å². The van der Waals surface area contributed by atoms with E-state index < -0.39 is 0 Å². The summed E-state index contributed by atoms with van der Waals surface area (Å²) in [6, 6.07) is 8.29. The van der Waals surface area contributed by atoms with Crippen LogP contribution in [0.1, 0.15) is 32.6 Å². The molecule has 2 aliphatic heterocycles. The van der Waals surface area contributed by atoms with E-state index in [-0.39, 0.29) is 24.0 Å². The van der Waals surface area contributed by atoms with Gasteiger partial charge in [0, 0.05) is 45.2 Å². The molecule has 2 aliphatic rings. The number of hydrogen-bond donors (Lipinski definition) is 2. The van der Waals surface area contributed by atoms with Gasteiger partial charge in [0.2, 0.25) is 5.91 Å². The van der Waals surface area contributed by atoms with Crippen LogP contribution >= 0.6 is 0 Å². The van der Waals surface area contributed by atoms with Crippen molar-refractivity contribution in [1.82, 2.24) is 15.5 Å². The number of amides is 3. The molecule has 3 amide bonds. The number of hydrogen-bond acceptors (Lipinski definition) is 4. The van der Waals surface area contributed by atoms with E-state index in [0.717, 1.165) is 56.8 Å². The number of carbonyl (C=O) groups is 2. The van der Waals surface area contributed by atoms with Gasteiger partial charge in [0.1, 0.15) is 5.75 Å². The number of carbonyl (C=O) groups excluding carboxylic acids is 2. The van der Waals surface area contributed by atoms with Gasteiger partial charge in [-0.1, -0.05) is 12.1 Å². The smallest absolute Gasteiger partial charge is 0.317 e. The molecule has 2 N–H and O–H groups in total. The molecule has 7 heteroatoms. The molecule has 0 aromatic heterocycles. The topological polar surface area (TPSA) is 73.9 Å². The van der Waals surface area contributed by atoms with Gasteiger partial charge < -0.3 is 25.2 Å². The first kappa shape index (κ1) is 19.3. The lowest BCUT2D eigenvalue weighted by Crippen LogP contribution is -2.54. The van der Waals surface area contributed by atoms with Crippen LogP contribution in [0, 0.1) is 0 Å². The van der Waals surface area contributed by atoms with Crippen LogP contribution in [0.5, 0.6) is 5.75 Å². The first-order valence-electron chi connectivity index (χ1n) is 9.77. The summed E-state index contributed by atoms with van der Waals surface area (Å²) in [6.45, 7) is 4.64. The Bertz CT molecular complexity index is 658. The van der Waals surface area contributed by atoms with Crippen molar-refractivity contribution >= 4 is 17.6 Å². The Morgan fingerprint density at radius 2 is 1.78 bits per heavy atom. The van der Waals surface area contributed by atoms with E-state index in [9.17, 15) is 9.59 Å². The Morgan fingerprint density at radius 3 is 2.48 bits per heavy atom. The highest BCUT2D eigenvalue weighted by Crippen LogP contribution is 2.29. The summed E-state index contributed by atoms with van der Waals surface area (Å²) >= 11 is 0. The minimum Gasteiger partial charge on any atom is -0.495 e. The molecule has 1 aromatic rings. The zero-order valence-electron chi connectivity index (χ0n) is 16.2. The average Bonchev–Trinajstić information content (AvgIpc) is 2.68. The van der Waals surface area contributed by atoms with E-state index in [2.05, 4.69) is 21.6 Å². The predicted molar refractivity (Wildman–Crippen MR) is 105 cm³/mol. The zero-order chi connectivity index (χ0) is 19.2. The molecule has 1 unspecified atom stereocenters. The third kappa shape index (κ3) is 5.05. The summed E-state index contributed by atoms with van der Waals surface area (Å²) in [5.41, 5.74) is 1.11. The Balaban J connectivity index is 1.48. The summed E-state index contributed by atoms with van der Waals surface area (Å²) in [5, 5.41) is 6.11. The molecular formula is C20H30N4O3. The van der Waals surface area contributed by atoms with Crippen molar-refractivity contribution in [3.05, 3.63) is 24.3 Å². The molecule has 0 aliphatic carbocycles. The van der Waals surface area contributed by atoms with Crippen LogP contribution in [0.15, 0.2) is 24.3 Å². The lowest BCUT2D eigenvalue weighted by atomic mass is 10.0. The SMILES string of the molecule is COc1ccccc1N1CCC(NC(=O)N2CCCC(NC(C)=O)C2)CC1. The van der Waals surface area contributed by atoms with Crippen LogP contribution in [-0.4, -0.2) is 62.2 Å². The normalized spacial score (nSPS) is 20.9. The van der Waals surface area contributed by atoms with Crippen molar-refractivity contribution in [3.63, 3.8) is 0 Å². The Hall–Kier alpha value is -2.44. The van der Waals surface area contributed by atoms with Crippen molar-refractivity contribution in [3.8, 4) is 5.75 Å². The highest BCUT2D eigenvalue weighted by molar-refractivity contribution is 5.75. The second-order valence-electron chi connectivity index (χ2n) is 7.37. The number of ether oxygens (including phenoxy) is 1. The molecule has 2 saturated heterocycles. The van der Waals surface area contributed by atoms with Crippen molar-refractivity contribution in [1.29, 1.82) is 0 Å². The Morgan fingerprint density at radius 1 is 1.04 bits per heavy atom. The van der Waals surface area contributed by atoms with Gasteiger partial charge in [-0.2, -0.15) is 0 Å². The monoisotopic (exact) mass is 374 g/mol. The Kier molecular flexibility index (Phi) is 6.42. The van der Waals surface area contributed by atoms with Gasteiger partial charge in [0.25, 0.3) is 0 Å². The second-order valence-corrected chi connectivity index (χ2v) is 7.37. The van der Waals surface area contributed by atoms with Gasteiger partial charge >= 0.3 is 6.03 Å². The summed E-state index contributed by atoms with van der Waals surface area (Å²) in [7, 11) is 1.69. The standard InChI is InChI=1S/C20H30N4O3/c1-15(25)21-17-6-5-11-24(14-17)20(26)22-16-9-12-23(13-10-16)18-7-3-4-8-19(18)27-2/h3-4,7-8,16-17H,5-6,9-14H2,1-2H3,(H,21,25)(H,22,26). The summed E-state index contributed by atoms with van der Waals surface area (Å²) in [5.74, 6) is 0.850. The number of piperidine rings is 2. The maximum atomic E-state index is 12.6. The van der Waals surface area contributed by atoms with Gasteiger partial charge in [-0.05, 0) is 37.8 Å². The summed E-state index contributed by atoms with van der Waals surface area (Å²) in [4.78, 5) is 28.0. The predicted octanol–water partition coefficient (Wildman–Crippen LogP) is 1.97. The third-order valence-corrected chi connectivity index (χ3v) is 5.36. The first-order valence-corrected chi connectivity index (χ1v) is 9.77. The molecule has 3 rings (SSSR count). The van der Waals surface area contributed by atoms with Crippen molar-refractivity contribution in [2.45, 2.75) is 44.7 Å². The first-order chi connectivity index (χ1) is 13.1. The lowest BCUT2D eigenvalue weighted by Gasteiger charge is -2.37. The number of nitrogens with zero attached hydrogens (tertiary/aromatic N) is 2. The van der Waals surface area contributed by atoms with E-state index in [4.69, 9.17) is 4.74 Å². The lowest BCUT2D eigenvalue weighted by molar-refractivity contribution is -0.119. The van der Waals surface area contributed by atoms with Gasteiger partial charge in [-0.25, -0.2) is 4.79 Å². The van der Waals surface area contributed by atoms with E-state index in [1.54, 1.807) is 7.11 Å². The molecule has 0 saturated carbocycles. The van der Waals surface area contributed by atoms with E-state index in [1.165, 1.54) is 6.92 Å². The maximum absolute atomic E-state index is 12.6. The van der Waals surface area contributed by atoms with Crippen LogP contribution in [-0.2, 0) is 4.79 Å². The number of rotatable bonds is 4. The number of benzene rings is 1. The zero-order valence-corrected chi connectivity index (χ0v) is 16.2. The highest BCUT2D eigenvalue weighted by Gasteiger charge is 2.27. The molecule has 0 radical (unpaired) electrons. The quantitative estimate of drug-likeness (QED) is 0.845. The maximum Gasteiger partial charge on any atom is 0.317 e. The molecule has 2 heterocycles. The number of anilines is 1. The van der Waals surface area contributed by atoms with Crippen LogP contribution in [0.2, 0.25) is 0 Å². The molecule has 27 heavy (non-hydrogen) atoms. The number of urea groups is 1. The van der Waals surface area contributed by atoms with Gasteiger partial charge in [-0.3, -0.25) is 4.79 Å². The fraction of sp³-hybridized carbons (Fsp3) is 0.600. The molecule has 0 bridgehead atoms. The molecule has 2 fully saturated rings. The molecule has 148 valence electrons. The second kappa shape index (κ2) is 8.97. The largest absolute Gasteiger partial charge is 0.495 e. The molecule has 7 nitrogen and oxygen atoms in total. The van der Waals surface area contributed by atoms with Crippen LogP contribution in [0.4, 0.5) is 10.5 Å². The van der Waals surface area contributed by atoms with Crippen molar-refractivity contribution < 1.29 is 14.3 Å². The highest BCUT2D eigenvalue weighted by atomic mass is 16.5. The summed E-state index contributed by atoms with van der Waals surface area (Å²) < 4.78 is 5.46. The van der Waals surface area contributed by atoms with Crippen LogP contribution in [0.3, 0.4) is 0 Å². The third-order valence-electron chi connectivity index (χ3n) is 5.36. The molecule has 1 aromatic carbocycles. The number of para-hydroxylation sites is 2. The fourth-order valence-electron chi connectivity index (χ4n) is 3.99. The van der Waals surface area contributed by atoms with Gasteiger partial charge in [0.05, 0.1) is 12.8 Å². The van der Waals surface area contributed by atoms with E-state index in [0.29, 0.717) is 6.54 Å². The minimum atomic E-state index is -0.0361. The van der Waals surface area contributed by atoms with Crippen molar-refractivity contribution in [2.75, 3.05) is 38.2 Å². The fourth-order valence-corrected chi connectivity index (χ4v) is 3.99. The number of likely N-dealkylation sites (tertiary alicyclic amines) is 1. The van der Waals surface area contributed by atoms with Crippen LogP contribution in [0.25, 0.3) is 0 Å². The van der Waals surface area contributed by atoms with Gasteiger partial charge in [0.15, 0.2) is 0 Å². The van der Waals surface area contributed by atoms with Crippen LogP contribution < -0.4 is 20.3 Å². The molecular weight excluding hydrogens is 344 g/mol.